The summed E-state index contributed by atoms with van der Waals surface area (Å²) in [4.78, 5) is 17.7. The number of hydrogen-bond donors (Lipinski definition) is 2. The highest BCUT2D eigenvalue weighted by Gasteiger charge is 2.34. The van der Waals surface area contributed by atoms with Gasteiger partial charge in [0.2, 0.25) is 15.9 Å². The Morgan fingerprint density at radius 3 is 2.57 bits per heavy atom. The minimum absolute atomic E-state index is 0.0368. The Kier molecular flexibility index (Phi) is 8.58. The first-order chi connectivity index (χ1) is 17.8. The number of aromatic nitrogens is 1. The minimum atomic E-state index is -3.83. The zero-order valence-electron chi connectivity index (χ0n) is 20.8. The Morgan fingerprint density at radius 2 is 1.92 bits per heavy atom. The third-order valence-corrected chi connectivity index (χ3v) is 9.13. The predicted molar refractivity (Wildman–Crippen MR) is 146 cm³/mol. The average molecular weight is 565 g/mol. The second-order valence-electron chi connectivity index (χ2n) is 8.39. The van der Waals surface area contributed by atoms with Gasteiger partial charge in [-0.05, 0) is 56.2 Å². The lowest BCUT2D eigenvalue weighted by Crippen LogP contribution is -2.41. The van der Waals surface area contributed by atoms with Gasteiger partial charge in [-0.3, -0.25) is 4.79 Å². The zero-order chi connectivity index (χ0) is 26.6. The largest absolute Gasteiger partial charge is 0.495 e. The predicted octanol–water partition coefficient (Wildman–Crippen LogP) is 4.95. The van der Waals surface area contributed by atoms with E-state index in [1.807, 2.05) is 24.6 Å². The summed E-state index contributed by atoms with van der Waals surface area (Å²) in [7, 11) is -0.476. The van der Waals surface area contributed by atoms with E-state index in [-0.39, 0.29) is 35.6 Å². The summed E-state index contributed by atoms with van der Waals surface area (Å²) in [6, 6.07) is 10.1. The number of sulfonamides is 1. The van der Waals surface area contributed by atoms with Gasteiger partial charge in [-0.15, -0.1) is 11.3 Å². The van der Waals surface area contributed by atoms with Crippen LogP contribution in [0.2, 0.25) is 5.02 Å². The highest BCUT2D eigenvalue weighted by molar-refractivity contribution is 7.89. The molecule has 0 atom stereocenters. The van der Waals surface area contributed by atoms with E-state index in [2.05, 4.69) is 15.6 Å². The van der Waals surface area contributed by atoms with E-state index < -0.39 is 10.0 Å². The molecule has 2 aromatic carbocycles. The van der Waals surface area contributed by atoms with Crippen LogP contribution >= 0.6 is 22.9 Å². The van der Waals surface area contributed by atoms with Crippen LogP contribution in [0.4, 0.5) is 10.8 Å². The molecular weight excluding hydrogens is 536 g/mol. The van der Waals surface area contributed by atoms with Gasteiger partial charge in [0.25, 0.3) is 0 Å². The molecule has 37 heavy (non-hydrogen) atoms. The molecule has 0 bridgehead atoms. The average Bonchev–Trinajstić information content (AvgIpc) is 3.39. The molecule has 1 aliphatic heterocycles. The fourth-order valence-electron chi connectivity index (χ4n) is 4.18. The molecule has 2 N–H and O–H groups in total. The molecule has 198 valence electrons. The molecule has 0 aliphatic carbocycles. The molecule has 9 nitrogen and oxygen atoms in total. The Balaban J connectivity index is 1.46. The van der Waals surface area contributed by atoms with Crippen LogP contribution in [0.25, 0.3) is 11.3 Å². The third kappa shape index (κ3) is 6.01. The highest BCUT2D eigenvalue weighted by atomic mass is 35.5. The van der Waals surface area contributed by atoms with Crippen LogP contribution in [0.3, 0.4) is 0 Å². The van der Waals surface area contributed by atoms with Crippen molar-refractivity contribution in [3.05, 3.63) is 46.8 Å². The maximum Gasteiger partial charge on any atom is 0.246 e. The number of rotatable bonds is 9. The number of thiazole rings is 1. The normalized spacial score (nSPS) is 14.8. The number of methoxy groups -OCH3 is 1. The van der Waals surface area contributed by atoms with E-state index in [0.717, 1.165) is 16.4 Å². The second-order valence-corrected chi connectivity index (χ2v) is 11.6. The van der Waals surface area contributed by atoms with Gasteiger partial charge in [0.15, 0.2) is 5.13 Å². The molecule has 0 radical (unpaired) electrons. The number of carbonyl (C=O) groups excluding carboxylic acids is 1. The number of anilines is 2. The number of ether oxygens (including phenoxy) is 2. The van der Waals surface area contributed by atoms with Gasteiger partial charge in [0.05, 0.1) is 25.1 Å². The molecule has 3 aromatic rings. The standard InChI is InChI=1S/C25H29ClN4O5S2/c1-4-35-22-8-6-18(26)14-23(22)37(32,33)30-11-9-16(10-12-30)24(31)28-19-13-17(5-7-21(19)34-3)20-15-36-25(27-2)29-20/h5-8,13-16H,4,9-12H2,1-3H3,(H,27,29)(H,28,31). The van der Waals surface area contributed by atoms with Gasteiger partial charge >= 0.3 is 0 Å². The minimum Gasteiger partial charge on any atom is -0.495 e. The summed E-state index contributed by atoms with van der Waals surface area (Å²) in [5.74, 6) is 0.270. The Hall–Kier alpha value is -2.86. The van der Waals surface area contributed by atoms with Crippen molar-refractivity contribution in [3.8, 4) is 22.8 Å². The molecule has 0 unspecified atom stereocenters. The Morgan fingerprint density at radius 1 is 1.19 bits per heavy atom. The molecule has 12 heteroatoms. The number of hydrogen-bond acceptors (Lipinski definition) is 8. The van der Waals surface area contributed by atoms with Crippen LogP contribution in [0.15, 0.2) is 46.7 Å². The van der Waals surface area contributed by atoms with Crippen LogP contribution in [0.5, 0.6) is 11.5 Å². The lowest BCUT2D eigenvalue weighted by molar-refractivity contribution is -0.120. The highest BCUT2D eigenvalue weighted by Crippen LogP contribution is 2.35. The topological polar surface area (TPSA) is 110 Å². The van der Waals surface area contributed by atoms with Crippen molar-refractivity contribution in [3.63, 3.8) is 0 Å². The monoisotopic (exact) mass is 564 g/mol. The molecule has 1 aromatic heterocycles. The molecule has 1 saturated heterocycles. The van der Waals surface area contributed by atoms with Gasteiger partial charge < -0.3 is 20.1 Å². The summed E-state index contributed by atoms with van der Waals surface area (Å²) in [5.41, 5.74) is 2.18. The van der Waals surface area contributed by atoms with E-state index in [0.29, 0.717) is 35.9 Å². The van der Waals surface area contributed by atoms with Crippen molar-refractivity contribution in [2.24, 2.45) is 5.92 Å². The first-order valence-electron chi connectivity index (χ1n) is 11.8. The maximum atomic E-state index is 13.3. The Labute approximate surface area is 225 Å². The molecular formula is C25H29ClN4O5S2. The smallest absolute Gasteiger partial charge is 0.246 e. The Bertz CT molecular complexity index is 1370. The first kappa shape index (κ1) is 27.2. The van der Waals surface area contributed by atoms with E-state index in [9.17, 15) is 13.2 Å². The first-order valence-corrected chi connectivity index (χ1v) is 14.5. The number of benzene rings is 2. The van der Waals surface area contributed by atoms with E-state index in [1.54, 1.807) is 32.2 Å². The van der Waals surface area contributed by atoms with Crippen LogP contribution < -0.4 is 20.1 Å². The molecule has 1 aliphatic rings. The van der Waals surface area contributed by atoms with E-state index >= 15 is 0 Å². The van der Waals surface area contributed by atoms with E-state index in [1.165, 1.54) is 21.7 Å². The van der Waals surface area contributed by atoms with Crippen molar-refractivity contribution >= 4 is 49.7 Å². The summed E-state index contributed by atoms with van der Waals surface area (Å²) >= 11 is 7.57. The maximum absolute atomic E-state index is 13.3. The second kappa shape index (κ2) is 11.7. The van der Waals surface area contributed by atoms with Gasteiger partial charge in [0.1, 0.15) is 16.4 Å². The van der Waals surface area contributed by atoms with E-state index in [4.69, 9.17) is 21.1 Å². The van der Waals surface area contributed by atoms with Crippen molar-refractivity contribution in [2.75, 3.05) is 44.5 Å². The molecule has 1 fully saturated rings. The summed E-state index contributed by atoms with van der Waals surface area (Å²) < 4.78 is 39.0. The van der Waals surface area contributed by atoms with Gasteiger partial charge in [-0.25, -0.2) is 13.4 Å². The van der Waals surface area contributed by atoms with Crippen molar-refractivity contribution < 1.29 is 22.7 Å². The van der Waals surface area contributed by atoms with Crippen LogP contribution in [-0.2, 0) is 14.8 Å². The third-order valence-electron chi connectivity index (χ3n) is 6.12. The number of amides is 1. The van der Waals surface area contributed by atoms with Gasteiger partial charge in [-0.1, -0.05) is 11.6 Å². The number of halogens is 1. The number of carbonyl (C=O) groups is 1. The quantitative estimate of drug-likeness (QED) is 0.378. The molecule has 4 rings (SSSR count). The van der Waals surface area contributed by atoms with Crippen molar-refractivity contribution in [1.29, 1.82) is 0 Å². The lowest BCUT2D eigenvalue weighted by atomic mass is 9.97. The molecule has 0 saturated carbocycles. The molecule has 1 amide bonds. The SMILES string of the molecule is CCOc1ccc(Cl)cc1S(=O)(=O)N1CCC(C(=O)Nc2cc(-c3csc(NC)n3)ccc2OC)CC1. The molecule has 2 heterocycles. The van der Waals surface area contributed by atoms with Gasteiger partial charge in [-0.2, -0.15) is 4.31 Å². The number of piperidine rings is 1. The van der Waals surface area contributed by atoms with Crippen molar-refractivity contribution in [2.45, 2.75) is 24.7 Å². The summed E-state index contributed by atoms with van der Waals surface area (Å²) in [6.07, 6.45) is 0.768. The van der Waals surface area contributed by atoms with Crippen LogP contribution in [-0.4, -0.2) is 57.5 Å². The fourth-order valence-corrected chi connectivity index (χ4v) is 6.72. The zero-order valence-corrected chi connectivity index (χ0v) is 23.2. The summed E-state index contributed by atoms with van der Waals surface area (Å²) in [6.45, 7) is 2.54. The number of nitrogens with zero attached hydrogens (tertiary/aromatic N) is 2. The number of nitrogens with one attached hydrogen (secondary N) is 2. The van der Waals surface area contributed by atoms with Crippen LogP contribution in [0, 0.1) is 5.92 Å². The fraction of sp³-hybridized carbons (Fsp3) is 0.360. The molecule has 0 spiro atoms. The lowest BCUT2D eigenvalue weighted by Gasteiger charge is -2.31. The van der Waals surface area contributed by atoms with Crippen molar-refractivity contribution in [1.82, 2.24) is 9.29 Å². The van der Waals surface area contributed by atoms with Gasteiger partial charge in [0, 0.05) is 42.0 Å². The summed E-state index contributed by atoms with van der Waals surface area (Å²) in [5, 5.41) is 9.03. The van der Waals surface area contributed by atoms with Crippen LogP contribution in [0.1, 0.15) is 19.8 Å².